The summed E-state index contributed by atoms with van der Waals surface area (Å²) in [4.78, 5) is 26.6. The molecule has 0 amide bonds. The van der Waals surface area contributed by atoms with Gasteiger partial charge < -0.3 is 4.55 Å². The van der Waals surface area contributed by atoms with Gasteiger partial charge >= 0.3 is 24.6 Å². The quantitative estimate of drug-likeness (QED) is 0.327. The molecule has 0 N–H and O–H groups in total. The summed E-state index contributed by atoms with van der Waals surface area (Å²) in [5, 5.41) is 2.20. The standard InChI is InChI=1S/C22H22N2O4S2.Li/c1-13(2)12-24-21-18(20(25)23(3)22(24)26)19(30(27)28)17(29-21)11-15-9-6-8-14-7-4-5-10-16(14)15;/h4-10,13H,11-12H2,1-3H3,(H,27,28);/q;+1/p-1. The summed E-state index contributed by atoms with van der Waals surface area (Å²) < 4.78 is 26.9. The maximum absolute atomic E-state index is 12.9. The van der Waals surface area contributed by atoms with E-state index in [9.17, 15) is 18.4 Å². The number of fused-ring (bicyclic) bond motifs is 2. The van der Waals surface area contributed by atoms with E-state index < -0.39 is 22.3 Å². The van der Waals surface area contributed by atoms with Crippen molar-refractivity contribution in [1.82, 2.24) is 9.13 Å². The van der Waals surface area contributed by atoms with Gasteiger partial charge in [-0.1, -0.05) is 56.3 Å². The first kappa shape index (κ1) is 23.7. The van der Waals surface area contributed by atoms with Crippen LogP contribution >= 0.6 is 11.3 Å². The van der Waals surface area contributed by atoms with Crippen molar-refractivity contribution in [3.8, 4) is 0 Å². The van der Waals surface area contributed by atoms with Gasteiger partial charge in [0.25, 0.3) is 5.56 Å². The van der Waals surface area contributed by atoms with Gasteiger partial charge in [-0.05, 0) is 33.3 Å². The Bertz CT molecular complexity index is 1410. The third-order valence-corrected chi connectivity index (χ3v) is 7.27. The molecule has 0 radical (unpaired) electrons. The number of hydrogen-bond donors (Lipinski definition) is 0. The summed E-state index contributed by atoms with van der Waals surface area (Å²) in [7, 11) is 1.39. The summed E-state index contributed by atoms with van der Waals surface area (Å²) >= 11 is -1.39. The second-order valence-corrected chi connectivity index (χ2v) is 9.70. The van der Waals surface area contributed by atoms with Crippen LogP contribution in [0.25, 0.3) is 21.0 Å². The van der Waals surface area contributed by atoms with Gasteiger partial charge in [0.05, 0.1) is 10.3 Å². The van der Waals surface area contributed by atoms with E-state index >= 15 is 0 Å². The molecule has 2 aromatic heterocycles. The molecular weight excluding hydrogens is 427 g/mol. The number of benzene rings is 2. The van der Waals surface area contributed by atoms with E-state index in [0.29, 0.717) is 22.7 Å². The fraction of sp³-hybridized carbons (Fsp3) is 0.273. The third kappa shape index (κ3) is 4.23. The van der Waals surface area contributed by atoms with Crippen LogP contribution in [0.4, 0.5) is 0 Å². The Labute approximate surface area is 198 Å². The van der Waals surface area contributed by atoms with Gasteiger partial charge in [0.1, 0.15) is 4.83 Å². The van der Waals surface area contributed by atoms with Crippen molar-refractivity contribution in [2.45, 2.75) is 31.7 Å². The van der Waals surface area contributed by atoms with Crippen LogP contribution in [0, 0.1) is 5.92 Å². The minimum atomic E-state index is -2.61. The van der Waals surface area contributed by atoms with Crippen molar-refractivity contribution in [1.29, 1.82) is 0 Å². The van der Waals surface area contributed by atoms with Crippen molar-refractivity contribution in [3.63, 3.8) is 0 Å². The van der Waals surface area contributed by atoms with Crippen LogP contribution in [0.15, 0.2) is 56.9 Å². The summed E-state index contributed by atoms with van der Waals surface area (Å²) in [5.41, 5.74) is -0.0297. The zero-order valence-electron chi connectivity index (χ0n) is 17.9. The molecule has 9 heteroatoms. The molecule has 1 unspecified atom stereocenters. The Kier molecular flexibility index (Phi) is 7.09. The number of rotatable bonds is 5. The SMILES string of the molecule is CC(C)Cn1c(=O)n(C)c(=O)c2c(S(=O)[O-])c(Cc3cccc4ccccc34)sc21.[Li+]. The van der Waals surface area contributed by atoms with Crippen molar-refractivity contribution in [2.24, 2.45) is 13.0 Å². The number of nitrogens with zero attached hydrogens (tertiary/aromatic N) is 2. The predicted molar refractivity (Wildman–Crippen MR) is 120 cm³/mol. The maximum Gasteiger partial charge on any atom is 1.00 e. The Morgan fingerprint density at radius 2 is 1.77 bits per heavy atom. The van der Waals surface area contributed by atoms with Crippen molar-refractivity contribution < 1.29 is 27.6 Å². The summed E-state index contributed by atoms with van der Waals surface area (Å²) in [5.74, 6) is 0.160. The zero-order chi connectivity index (χ0) is 21.6. The summed E-state index contributed by atoms with van der Waals surface area (Å²) in [6, 6.07) is 13.8. The number of thiophene rings is 1. The summed E-state index contributed by atoms with van der Waals surface area (Å²) in [6.45, 7) is 4.35. The molecule has 0 aliphatic rings. The van der Waals surface area contributed by atoms with Crippen molar-refractivity contribution in [2.75, 3.05) is 0 Å². The van der Waals surface area contributed by atoms with E-state index in [4.69, 9.17) is 0 Å². The van der Waals surface area contributed by atoms with Gasteiger partial charge in [0.15, 0.2) is 0 Å². The van der Waals surface area contributed by atoms with Crippen LogP contribution in [-0.4, -0.2) is 17.9 Å². The Balaban J connectivity index is 0.00000272. The van der Waals surface area contributed by atoms with Crippen LogP contribution in [-0.2, 0) is 31.1 Å². The van der Waals surface area contributed by atoms with Gasteiger partial charge in [-0.25, -0.2) is 4.79 Å². The molecule has 4 aromatic rings. The molecule has 1 atom stereocenters. The molecule has 4 rings (SSSR count). The van der Waals surface area contributed by atoms with Gasteiger partial charge in [-0.3, -0.25) is 18.1 Å². The first-order valence-corrected chi connectivity index (χ1v) is 11.5. The average molecular weight is 448 g/mol. The van der Waals surface area contributed by atoms with Gasteiger partial charge in [0.2, 0.25) is 0 Å². The smallest absolute Gasteiger partial charge is 0.768 e. The third-order valence-electron chi connectivity index (χ3n) is 5.14. The topological polar surface area (TPSA) is 84.1 Å². The van der Waals surface area contributed by atoms with Crippen LogP contribution in [0.2, 0.25) is 0 Å². The molecule has 6 nitrogen and oxygen atoms in total. The molecule has 0 saturated carbocycles. The Hall–Kier alpha value is -1.95. The minimum absolute atomic E-state index is 0. The first-order chi connectivity index (χ1) is 14.3. The van der Waals surface area contributed by atoms with Crippen LogP contribution in [0.3, 0.4) is 0 Å². The molecule has 156 valence electrons. The van der Waals surface area contributed by atoms with Crippen LogP contribution in [0.5, 0.6) is 0 Å². The van der Waals surface area contributed by atoms with E-state index in [-0.39, 0.29) is 35.1 Å². The second-order valence-electron chi connectivity index (χ2n) is 7.74. The summed E-state index contributed by atoms with van der Waals surface area (Å²) in [6.07, 6.45) is 0.364. The van der Waals surface area contributed by atoms with E-state index in [1.54, 1.807) is 0 Å². The monoisotopic (exact) mass is 448 g/mol. The number of aromatic nitrogens is 2. The molecule has 0 aliphatic heterocycles. The van der Waals surface area contributed by atoms with Gasteiger partial charge in [0, 0.05) is 24.9 Å². The maximum atomic E-state index is 12.9. The fourth-order valence-electron chi connectivity index (χ4n) is 3.79. The van der Waals surface area contributed by atoms with Crippen molar-refractivity contribution >= 4 is 43.4 Å². The second kappa shape index (κ2) is 9.27. The fourth-order valence-corrected chi connectivity index (χ4v) is 6.00. The molecule has 31 heavy (non-hydrogen) atoms. The van der Waals surface area contributed by atoms with Gasteiger partial charge in [-0.15, -0.1) is 11.3 Å². The van der Waals surface area contributed by atoms with E-state index in [1.807, 2.05) is 56.3 Å². The molecule has 0 bridgehead atoms. The largest absolute Gasteiger partial charge is 1.00 e. The minimum Gasteiger partial charge on any atom is -0.768 e. The molecule has 0 fully saturated rings. The molecular formula is C22H21LiN2O4S2. The van der Waals surface area contributed by atoms with E-state index in [0.717, 1.165) is 20.9 Å². The molecule has 2 aromatic carbocycles. The zero-order valence-corrected chi connectivity index (χ0v) is 19.5. The predicted octanol–water partition coefficient (Wildman–Crippen LogP) is 0.404. The first-order valence-electron chi connectivity index (χ1n) is 9.60. The van der Waals surface area contributed by atoms with Gasteiger partial charge in [-0.2, -0.15) is 0 Å². The van der Waals surface area contributed by atoms with E-state index in [1.165, 1.54) is 23.0 Å². The van der Waals surface area contributed by atoms with E-state index in [2.05, 4.69) is 0 Å². The Morgan fingerprint density at radius 1 is 1.10 bits per heavy atom. The van der Waals surface area contributed by atoms with Crippen LogP contribution < -0.4 is 30.1 Å². The molecule has 0 saturated heterocycles. The normalized spacial score (nSPS) is 12.4. The molecule has 0 spiro atoms. The van der Waals surface area contributed by atoms with Crippen LogP contribution in [0.1, 0.15) is 24.3 Å². The molecule has 2 heterocycles. The van der Waals surface area contributed by atoms with Crippen molar-refractivity contribution in [3.05, 3.63) is 73.7 Å². The Morgan fingerprint density at radius 3 is 2.45 bits per heavy atom. The molecule has 0 aliphatic carbocycles. The average Bonchev–Trinajstić information content (AvgIpc) is 3.09. The number of hydrogen-bond acceptors (Lipinski definition) is 5.